The minimum Gasteiger partial charge on any atom is -1.00 e. The van der Waals surface area contributed by atoms with E-state index in [-0.39, 0.29) is 36.5 Å². The van der Waals surface area contributed by atoms with Gasteiger partial charge >= 0.3 is 0 Å². The number of hydrogen-bond donors (Lipinski definition) is 3. The summed E-state index contributed by atoms with van der Waals surface area (Å²) in [6.07, 6.45) is 3.60. The Morgan fingerprint density at radius 2 is 1.69 bits per heavy atom. The Bertz CT molecular complexity index is 945. The van der Waals surface area contributed by atoms with Gasteiger partial charge in [0.2, 0.25) is 12.5 Å². The fraction of sp³-hybridized carbons (Fsp3) is 0.105. The number of rotatable bonds is 4. The van der Waals surface area contributed by atoms with Crippen LogP contribution >= 0.6 is 0 Å². The van der Waals surface area contributed by atoms with Crippen LogP contribution in [0.5, 0.6) is 5.75 Å². The fourth-order valence-corrected chi connectivity index (χ4v) is 2.65. The highest BCUT2D eigenvalue weighted by Crippen LogP contribution is 2.37. The summed E-state index contributed by atoms with van der Waals surface area (Å²) in [4.78, 5) is 23.6. The van der Waals surface area contributed by atoms with Gasteiger partial charge in [0.05, 0.1) is 11.4 Å². The molecule has 0 fully saturated rings. The van der Waals surface area contributed by atoms with Crippen molar-refractivity contribution in [2.75, 3.05) is 10.6 Å². The molecule has 1 aromatic heterocycles. The van der Waals surface area contributed by atoms with Crippen LogP contribution in [-0.2, 0) is 16.1 Å². The summed E-state index contributed by atoms with van der Waals surface area (Å²) in [6, 6.07) is 14.3. The first-order chi connectivity index (χ1) is 12.0. The number of anilines is 2. The molecule has 3 N–H and O–H groups in total. The smallest absolute Gasteiger partial charge is 0.290 e. The Hall–Kier alpha value is -3.12. The minimum atomic E-state index is -0.281. The molecular weight excluding hydrogens is 354 g/mol. The van der Waals surface area contributed by atoms with Gasteiger partial charge in [-0.3, -0.25) is 9.59 Å². The van der Waals surface area contributed by atoms with Crippen LogP contribution in [0.1, 0.15) is 6.92 Å². The molecule has 0 bridgehead atoms. The van der Waals surface area contributed by atoms with Crippen LogP contribution in [0.3, 0.4) is 0 Å². The molecule has 0 saturated carbocycles. The monoisotopic (exact) mass is 371 g/mol. The number of fused-ring (bicyclic) bond motifs is 1. The van der Waals surface area contributed by atoms with Crippen LogP contribution < -0.4 is 27.6 Å². The number of hydrogen-bond acceptors (Lipinski definition) is 3. The van der Waals surface area contributed by atoms with Gasteiger partial charge in [-0.15, -0.1) is 0 Å². The standard InChI is InChI=1S/C19H17N3O3.ClH/c1-13(23)20-16-9-8-14-6-5-7-15(18(14)19(16)25)21-17(24)12-22-10-3-2-4-11-22;/h2-11H,12H2,1H3,(H2-,20,21,23,24,25);1H. The highest BCUT2D eigenvalue weighted by Gasteiger charge is 2.15. The summed E-state index contributed by atoms with van der Waals surface area (Å²) < 4.78 is 1.75. The van der Waals surface area contributed by atoms with E-state index in [0.717, 1.165) is 5.39 Å². The van der Waals surface area contributed by atoms with Gasteiger partial charge in [-0.2, -0.15) is 4.57 Å². The normalized spacial score (nSPS) is 10.0. The molecule has 0 aliphatic rings. The van der Waals surface area contributed by atoms with E-state index in [1.54, 1.807) is 41.2 Å². The Balaban J connectivity index is 0.00000243. The Morgan fingerprint density at radius 1 is 0.962 bits per heavy atom. The third-order valence-corrected chi connectivity index (χ3v) is 3.71. The number of pyridine rings is 1. The number of carbonyl (C=O) groups is 2. The van der Waals surface area contributed by atoms with E-state index in [1.807, 2.05) is 24.3 Å². The van der Waals surface area contributed by atoms with Crippen molar-refractivity contribution in [1.29, 1.82) is 0 Å². The van der Waals surface area contributed by atoms with Gasteiger partial charge in [0.25, 0.3) is 5.91 Å². The Morgan fingerprint density at radius 3 is 2.38 bits per heavy atom. The van der Waals surface area contributed by atoms with Gasteiger partial charge in [-0.05, 0) is 17.5 Å². The molecule has 0 saturated heterocycles. The van der Waals surface area contributed by atoms with Crippen molar-refractivity contribution in [3.8, 4) is 5.75 Å². The van der Waals surface area contributed by atoms with Gasteiger partial charge in [0.1, 0.15) is 5.75 Å². The van der Waals surface area contributed by atoms with Crippen LogP contribution in [0.25, 0.3) is 10.8 Å². The average Bonchev–Trinajstić information content (AvgIpc) is 2.58. The largest absolute Gasteiger partial charge is 1.00 e. The zero-order valence-corrected chi connectivity index (χ0v) is 14.8. The number of aromatic nitrogens is 1. The second-order valence-electron chi connectivity index (χ2n) is 5.64. The van der Waals surface area contributed by atoms with Gasteiger partial charge in [-0.1, -0.05) is 24.3 Å². The molecule has 1 heterocycles. The number of phenolic OH excluding ortho intramolecular Hbond substituents is 1. The van der Waals surface area contributed by atoms with E-state index in [2.05, 4.69) is 10.6 Å². The van der Waals surface area contributed by atoms with Crippen molar-refractivity contribution in [2.45, 2.75) is 13.5 Å². The molecule has 7 heteroatoms. The number of aromatic hydroxyl groups is 1. The molecular formula is C19H18ClN3O3. The number of phenols is 1. The van der Waals surface area contributed by atoms with Crippen molar-refractivity contribution in [3.63, 3.8) is 0 Å². The fourth-order valence-electron chi connectivity index (χ4n) is 2.65. The summed E-state index contributed by atoms with van der Waals surface area (Å²) >= 11 is 0. The number of benzene rings is 2. The van der Waals surface area contributed by atoms with Crippen LogP contribution in [0.4, 0.5) is 11.4 Å². The molecule has 0 aliphatic heterocycles. The lowest BCUT2D eigenvalue weighted by Crippen LogP contribution is -3.00. The van der Waals surface area contributed by atoms with E-state index >= 15 is 0 Å². The number of halogens is 1. The van der Waals surface area contributed by atoms with E-state index < -0.39 is 0 Å². The predicted octanol–water partition coefficient (Wildman–Crippen LogP) is -0.566. The quantitative estimate of drug-likeness (QED) is 0.424. The minimum absolute atomic E-state index is 0. The van der Waals surface area contributed by atoms with Crippen LogP contribution in [-0.4, -0.2) is 16.9 Å². The Kier molecular flexibility index (Phi) is 6.14. The van der Waals surface area contributed by atoms with Crippen molar-refractivity contribution >= 4 is 34.0 Å². The highest BCUT2D eigenvalue weighted by atomic mass is 35.5. The average molecular weight is 372 g/mol. The van der Waals surface area contributed by atoms with E-state index in [9.17, 15) is 14.7 Å². The third-order valence-electron chi connectivity index (χ3n) is 3.71. The number of carbonyl (C=O) groups excluding carboxylic acids is 2. The molecule has 6 nitrogen and oxygen atoms in total. The van der Waals surface area contributed by atoms with Gasteiger partial charge in [0.15, 0.2) is 12.4 Å². The lowest BCUT2D eigenvalue weighted by molar-refractivity contribution is -0.684. The first kappa shape index (κ1) is 19.2. The zero-order valence-electron chi connectivity index (χ0n) is 14.1. The number of amides is 2. The van der Waals surface area contributed by atoms with E-state index in [0.29, 0.717) is 16.8 Å². The summed E-state index contributed by atoms with van der Waals surface area (Å²) in [5.74, 6) is -0.569. The number of nitrogens with one attached hydrogen (secondary N) is 2. The van der Waals surface area contributed by atoms with E-state index in [1.165, 1.54) is 6.92 Å². The molecule has 3 aromatic rings. The van der Waals surface area contributed by atoms with Gasteiger partial charge < -0.3 is 28.1 Å². The second-order valence-corrected chi connectivity index (χ2v) is 5.64. The molecule has 26 heavy (non-hydrogen) atoms. The molecule has 0 atom stereocenters. The molecule has 2 aromatic carbocycles. The third kappa shape index (κ3) is 4.29. The van der Waals surface area contributed by atoms with Crippen LogP contribution in [0.15, 0.2) is 60.9 Å². The zero-order chi connectivity index (χ0) is 17.8. The second kappa shape index (κ2) is 8.31. The topological polar surface area (TPSA) is 82.3 Å². The van der Waals surface area contributed by atoms with Gasteiger partial charge in [-0.25, -0.2) is 0 Å². The van der Waals surface area contributed by atoms with Crippen molar-refractivity contribution < 1.29 is 31.7 Å². The van der Waals surface area contributed by atoms with Crippen LogP contribution in [0, 0.1) is 0 Å². The molecule has 0 spiro atoms. The SMILES string of the molecule is CC(=O)Nc1ccc2cccc(NC(=O)C[n+]3ccccc3)c2c1O.[Cl-]. The lowest BCUT2D eigenvalue weighted by Gasteiger charge is -2.12. The molecule has 0 aliphatic carbocycles. The molecule has 0 unspecified atom stereocenters. The Labute approximate surface area is 156 Å². The lowest BCUT2D eigenvalue weighted by atomic mass is 10.1. The predicted molar refractivity (Wildman–Crippen MR) is 95.2 cm³/mol. The maximum Gasteiger partial charge on any atom is 0.290 e. The summed E-state index contributed by atoms with van der Waals surface area (Å²) in [5.41, 5.74) is 0.794. The van der Waals surface area contributed by atoms with Gasteiger partial charge in [0, 0.05) is 24.4 Å². The summed E-state index contributed by atoms with van der Waals surface area (Å²) in [6.45, 7) is 1.53. The van der Waals surface area contributed by atoms with Crippen molar-refractivity contribution in [1.82, 2.24) is 0 Å². The van der Waals surface area contributed by atoms with Crippen LogP contribution in [0.2, 0.25) is 0 Å². The number of nitrogens with zero attached hydrogens (tertiary/aromatic N) is 1. The summed E-state index contributed by atoms with van der Waals surface area (Å²) in [7, 11) is 0. The molecule has 3 rings (SSSR count). The first-order valence-electron chi connectivity index (χ1n) is 7.81. The molecule has 2 amide bonds. The summed E-state index contributed by atoms with van der Waals surface area (Å²) in [5, 5.41) is 17.2. The molecule has 0 radical (unpaired) electrons. The van der Waals surface area contributed by atoms with Crippen molar-refractivity contribution in [2.24, 2.45) is 0 Å². The maximum absolute atomic E-state index is 12.3. The maximum atomic E-state index is 12.3. The first-order valence-corrected chi connectivity index (χ1v) is 7.81. The highest BCUT2D eigenvalue weighted by molar-refractivity contribution is 6.08. The molecule has 134 valence electrons. The van der Waals surface area contributed by atoms with E-state index in [4.69, 9.17) is 0 Å². The van der Waals surface area contributed by atoms with Crippen molar-refractivity contribution in [3.05, 3.63) is 60.9 Å².